The van der Waals surface area contributed by atoms with Crippen molar-refractivity contribution in [2.75, 3.05) is 24.3 Å². The normalized spacial score (nSPS) is 11.7. The second kappa shape index (κ2) is 11.8. The third kappa shape index (κ3) is 6.02. The number of carbonyl (C=O) groups excluding carboxylic acids is 2. The number of fused-ring (bicyclic) bond motifs is 1. The summed E-state index contributed by atoms with van der Waals surface area (Å²) in [4.78, 5) is 31.7. The fraction of sp³-hybridized carbons (Fsp3) is 0.188. The minimum absolute atomic E-state index is 0.0550. The van der Waals surface area contributed by atoms with Crippen LogP contribution >= 0.6 is 0 Å². The van der Waals surface area contributed by atoms with Crippen LogP contribution in [0.5, 0.6) is 0 Å². The van der Waals surface area contributed by atoms with E-state index in [1.807, 2.05) is 129 Å². The number of nitrogens with one attached hydrogen (secondary N) is 1. The van der Waals surface area contributed by atoms with Gasteiger partial charge in [-0.3, -0.25) is 9.59 Å². The number of aromatic nitrogens is 3. The highest BCUT2D eigenvalue weighted by Gasteiger charge is 2.32. The van der Waals surface area contributed by atoms with Crippen molar-refractivity contribution in [2.45, 2.75) is 26.1 Å². The highest BCUT2D eigenvalue weighted by molar-refractivity contribution is 5.98. The molecular weight excluding hydrogens is 500 g/mol. The average Bonchev–Trinajstić information content (AvgIpc) is 3.37. The topological polar surface area (TPSA) is 83.4 Å². The Morgan fingerprint density at radius 2 is 1.52 bits per heavy atom. The Bertz CT molecular complexity index is 1590. The van der Waals surface area contributed by atoms with Crippen LogP contribution in [0.1, 0.15) is 22.7 Å². The van der Waals surface area contributed by atoms with Crippen LogP contribution in [0.4, 0.5) is 11.4 Å². The Labute approximate surface area is 233 Å². The van der Waals surface area contributed by atoms with Gasteiger partial charge in [0.1, 0.15) is 18.1 Å². The first-order chi connectivity index (χ1) is 19.4. The maximum absolute atomic E-state index is 14.1. The molecular formula is C32H32N6O2. The molecule has 0 bridgehead atoms. The second-order valence-electron chi connectivity index (χ2n) is 9.99. The maximum Gasteiger partial charge on any atom is 0.251 e. The van der Waals surface area contributed by atoms with E-state index >= 15 is 0 Å². The molecule has 0 radical (unpaired) electrons. The van der Waals surface area contributed by atoms with Crippen LogP contribution in [0.3, 0.4) is 0 Å². The van der Waals surface area contributed by atoms with Gasteiger partial charge in [0.15, 0.2) is 0 Å². The minimum Gasteiger partial charge on any atom is -0.378 e. The molecule has 1 unspecified atom stereocenters. The van der Waals surface area contributed by atoms with Gasteiger partial charge in [0, 0.05) is 32.0 Å². The lowest BCUT2D eigenvalue weighted by Gasteiger charge is -2.31. The zero-order valence-electron chi connectivity index (χ0n) is 22.9. The lowest BCUT2D eigenvalue weighted by Crippen LogP contribution is -2.42. The van der Waals surface area contributed by atoms with Gasteiger partial charge in [-0.2, -0.15) is 0 Å². The van der Waals surface area contributed by atoms with Crippen molar-refractivity contribution in [2.24, 2.45) is 0 Å². The van der Waals surface area contributed by atoms with Crippen molar-refractivity contribution in [1.82, 2.24) is 19.9 Å². The summed E-state index contributed by atoms with van der Waals surface area (Å²) in [5.74, 6) is -0.545. The molecule has 0 spiro atoms. The summed E-state index contributed by atoms with van der Waals surface area (Å²) in [5.41, 5.74) is 5.90. The predicted octanol–water partition coefficient (Wildman–Crippen LogP) is 5.21. The van der Waals surface area contributed by atoms with E-state index in [2.05, 4.69) is 15.6 Å². The average molecular weight is 533 g/mol. The number of para-hydroxylation sites is 1. The van der Waals surface area contributed by atoms with Gasteiger partial charge in [-0.15, -0.1) is 5.10 Å². The van der Waals surface area contributed by atoms with Crippen molar-refractivity contribution >= 4 is 34.2 Å². The van der Waals surface area contributed by atoms with Gasteiger partial charge in [0.2, 0.25) is 5.91 Å². The molecule has 5 rings (SSSR count). The molecule has 0 fully saturated rings. The first-order valence-corrected chi connectivity index (χ1v) is 13.2. The lowest BCUT2D eigenvalue weighted by molar-refractivity contribution is -0.140. The largest absolute Gasteiger partial charge is 0.378 e. The number of carbonyl (C=O) groups is 2. The molecule has 0 saturated heterocycles. The molecule has 5 aromatic rings. The summed E-state index contributed by atoms with van der Waals surface area (Å²) in [7, 11) is 3.93. The van der Waals surface area contributed by atoms with E-state index in [9.17, 15) is 9.59 Å². The fourth-order valence-corrected chi connectivity index (χ4v) is 4.63. The zero-order chi connectivity index (χ0) is 28.1. The van der Waals surface area contributed by atoms with Crippen LogP contribution in [0.15, 0.2) is 103 Å². The Hall–Kier alpha value is -4.98. The smallest absolute Gasteiger partial charge is 0.251 e. The van der Waals surface area contributed by atoms with E-state index in [0.717, 1.165) is 22.3 Å². The van der Waals surface area contributed by atoms with Crippen molar-refractivity contribution in [3.8, 4) is 0 Å². The molecule has 1 N–H and O–H groups in total. The van der Waals surface area contributed by atoms with Crippen LogP contribution in [0.25, 0.3) is 11.0 Å². The van der Waals surface area contributed by atoms with Crippen LogP contribution in [0, 0.1) is 6.92 Å². The number of benzene rings is 4. The monoisotopic (exact) mass is 532 g/mol. The molecule has 0 saturated carbocycles. The number of rotatable bonds is 9. The van der Waals surface area contributed by atoms with E-state index in [1.165, 1.54) is 0 Å². The van der Waals surface area contributed by atoms with Gasteiger partial charge >= 0.3 is 0 Å². The molecule has 40 heavy (non-hydrogen) atoms. The van der Waals surface area contributed by atoms with Gasteiger partial charge in [0.05, 0.1) is 5.52 Å². The predicted molar refractivity (Wildman–Crippen MR) is 158 cm³/mol. The van der Waals surface area contributed by atoms with Gasteiger partial charge < -0.3 is 15.1 Å². The Kier molecular flexibility index (Phi) is 7.87. The van der Waals surface area contributed by atoms with Crippen molar-refractivity contribution < 1.29 is 9.59 Å². The molecule has 0 aliphatic heterocycles. The van der Waals surface area contributed by atoms with Crippen molar-refractivity contribution in [3.05, 3.63) is 120 Å². The van der Waals surface area contributed by atoms with E-state index in [0.29, 0.717) is 16.8 Å². The highest BCUT2D eigenvalue weighted by atomic mass is 16.2. The standard InChI is InChI=1S/C32H32N6O2/c1-23-13-15-24(16-14-23)21-37(30(39)22-38-29-12-8-7-11-28(29)34-35-38)31(25-9-5-4-6-10-25)32(40)33-26-17-19-27(20-18-26)36(2)3/h4-20,31H,21-22H2,1-3H3,(H,33,40). The van der Waals surface area contributed by atoms with E-state index in [1.54, 1.807) is 9.58 Å². The Balaban J connectivity index is 1.51. The summed E-state index contributed by atoms with van der Waals surface area (Å²) < 4.78 is 1.58. The number of nitrogens with zero attached hydrogens (tertiary/aromatic N) is 5. The van der Waals surface area contributed by atoms with Gasteiger partial charge in [-0.25, -0.2) is 4.68 Å². The lowest BCUT2D eigenvalue weighted by atomic mass is 10.0. The molecule has 1 heterocycles. The third-order valence-corrected chi connectivity index (χ3v) is 6.83. The van der Waals surface area contributed by atoms with Crippen molar-refractivity contribution in [3.63, 3.8) is 0 Å². The number of aryl methyl sites for hydroxylation is 1. The maximum atomic E-state index is 14.1. The Morgan fingerprint density at radius 1 is 0.850 bits per heavy atom. The van der Waals surface area contributed by atoms with Gasteiger partial charge in [-0.05, 0) is 54.4 Å². The number of hydrogen-bond acceptors (Lipinski definition) is 5. The van der Waals surface area contributed by atoms with E-state index in [4.69, 9.17) is 0 Å². The number of anilines is 2. The third-order valence-electron chi connectivity index (χ3n) is 6.83. The summed E-state index contributed by atoms with van der Waals surface area (Å²) in [6.07, 6.45) is 0. The van der Waals surface area contributed by atoms with Crippen LogP contribution in [-0.4, -0.2) is 45.8 Å². The van der Waals surface area contributed by atoms with Crippen LogP contribution < -0.4 is 10.2 Å². The van der Waals surface area contributed by atoms with E-state index in [-0.39, 0.29) is 24.9 Å². The molecule has 2 amide bonds. The molecule has 202 valence electrons. The van der Waals surface area contributed by atoms with Gasteiger partial charge in [-0.1, -0.05) is 77.5 Å². The quantitative estimate of drug-likeness (QED) is 0.282. The molecule has 1 aromatic heterocycles. The molecule has 8 heteroatoms. The molecule has 0 aliphatic rings. The summed E-state index contributed by atoms with van der Waals surface area (Å²) in [6, 6.07) is 31.6. The van der Waals surface area contributed by atoms with Gasteiger partial charge in [0.25, 0.3) is 5.91 Å². The van der Waals surface area contributed by atoms with Crippen LogP contribution in [-0.2, 0) is 22.7 Å². The fourth-order valence-electron chi connectivity index (χ4n) is 4.63. The summed E-state index contributed by atoms with van der Waals surface area (Å²) in [5, 5.41) is 11.5. The van der Waals surface area contributed by atoms with Crippen molar-refractivity contribution in [1.29, 1.82) is 0 Å². The van der Waals surface area contributed by atoms with E-state index < -0.39 is 6.04 Å². The second-order valence-corrected chi connectivity index (χ2v) is 9.99. The Morgan fingerprint density at radius 3 is 2.23 bits per heavy atom. The first kappa shape index (κ1) is 26.6. The number of hydrogen-bond donors (Lipinski definition) is 1. The SMILES string of the molecule is Cc1ccc(CN(C(=O)Cn2nnc3ccccc32)C(C(=O)Nc2ccc(N(C)C)cc2)c2ccccc2)cc1. The summed E-state index contributed by atoms with van der Waals surface area (Å²) >= 11 is 0. The summed E-state index contributed by atoms with van der Waals surface area (Å²) in [6.45, 7) is 2.21. The van der Waals surface area contributed by atoms with Crippen LogP contribution in [0.2, 0.25) is 0 Å². The number of amides is 2. The molecule has 4 aromatic carbocycles. The molecule has 8 nitrogen and oxygen atoms in total. The molecule has 0 aliphatic carbocycles. The highest BCUT2D eigenvalue weighted by Crippen LogP contribution is 2.27. The minimum atomic E-state index is -0.877. The zero-order valence-corrected chi connectivity index (χ0v) is 22.9. The first-order valence-electron chi connectivity index (χ1n) is 13.2. The molecule has 1 atom stereocenters.